The van der Waals surface area contributed by atoms with Gasteiger partial charge in [0.1, 0.15) is 12.4 Å². The highest BCUT2D eigenvalue weighted by Crippen LogP contribution is 2.09. The Morgan fingerprint density at radius 2 is 1.95 bits per heavy atom. The van der Waals surface area contributed by atoms with Crippen LogP contribution < -0.4 is 5.73 Å². The quantitative estimate of drug-likeness (QED) is 0.923. The van der Waals surface area contributed by atoms with E-state index in [-0.39, 0.29) is 12.5 Å². The first kappa shape index (κ1) is 15.0. The average molecular weight is 287 g/mol. The van der Waals surface area contributed by atoms with Crippen LogP contribution in [0.4, 0.5) is 5.82 Å². The molecule has 0 aromatic carbocycles. The number of nitrogens with two attached hydrogens (primary N) is 1. The van der Waals surface area contributed by atoms with Crippen LogP contribution in [0.15, 0.2) is 18.2 Å². The molecule has 2 aromatic rings. The van der Waals surface area contributed by atoms with E-state index in [1.165, 1.54) is 4.68 Å². The van der Waals surface area contributed by atoms with Crippen molar-refractivity contribution in [2.45, 2.75) is 33.9 Å². The zero-order valence-electron chi connectivity index (χ0n) is 12.9. The van der Waals surface area contributed by atoms with Crippen LogP contribution in [-0.2, 0) is 17.9 Å². The number of likely N-dealkylation sites (N-methyl/N-ethyl adjacent to an activating group) is 1. The number of nitrogens with zero attached hydrogens (tertiary/aromatic N) is 4. The second kappa shape index (κ2) is 5.95. The molecule has 0 spiro atoms. The van der Waals surface area contributed by atoms with E-state index in [9.17, 15) is 4.79 Å². The van der Waals surface area contributed by atoms with Crippen LogP contribution in [0, 0.1) is 20.8 Å². The first-order chi connectivity index (χ1) is 9.85. The number of aromatic nitrogens is 3. The monoisotopic (exact) mass is 287 g/mol. The Balaban J connectivity index is 2.04. The van der Waals surface area contributed by atoms with Gasteiger partial charge in [0.2, 0.25) is 5.91 Å². The van der Waals surface area contributed by atoms with Gasteiger partial charge < -0.3 is 10.6 Å². The molecule has 6 heteroatoms. The minimum atomic E-state index is -0.0502. The number of hydrogen-bond acceptors (Lipinski definition) is 4. The van der Waals surface area contributed by atoms with Crippen molar-refractivity contribution in [1.82, 2.24) is 19.7 Å². The lowest BCUT2D eigenvalue weighted by Gasteiger charge is -2.17. The van der Waals surface area contributed by atoms with Gasteiger partial charge in [0.25, 0.3) is 0 Å². The SMILES string of the molecule is Cc1cc(C)nc(CN(C)C(=O)Cn2nc(C)cc2N)c1. The molecule has 2 heterocycles. The van der Waals surface area contributed by atoms with Crippen molar-refractivity contribution in [3.8, 4) is 0 Å². The molecule has 0 unspecified atom stereocenters. The highest BCUT2D eigenvalue weighted by molar-refractivity contribution is 5.76. The maximum absolute atomic E-state index is 12.2. The van der Waals surface area contributed by atoms with Crippen molar-refractivity contribution >= 4 is 11.7 Å². The first-order valence-electron chi connectivity index (χ1n) is 6.83. The fourth-order valence-corrected chi connectivity index (χ4v) is 2.28. The number of pyridine rings is 1. The number of carbonyl (C=O) groups is 1. The molecule has 0 aliphatic rings. The maximum atomic E-state index is 12.2. The fourth-order valence-electron chi connectivity index (χ4n) is 2.28. The molecule has 0 aliphatic heterocycles. The van der Waals surface area contributed by atoms with Gasteiger partial charge in [-0.3, -0.25) is 9.78 Å². The fraction of sp³-hybridized carbons (Fsp3) is 0.400. The molecule has 0 atom stereocenters. The Hall–Kier alpha value is -2.37. The third-order valence-corrected chi connectivity index (χ3v) is 3.19. The van der Waals surface area contributed by atoms with Crippen LogP contribution in [0.3, 0.4) is 0 Å². The van der Waals surface area contributed by atoms with E-state index >= 15 is 0 Å². The molecule has 2 N–H and O–H groups in total. The lowest BCUT2D eigenvalue weighted by molar-refractivity contribution is -0.131. The third kappa shape index (κ3) is 3.81. The number of hydrogen-bond donors (Lipinski definition) is 1. The number of aryl methyl sites for hydroxylation is 3. The molecule has 0 saturated heterocycles. The topological polar surface area (TPSA) is 77.0 Å². The summed E-state index contributed by atoms with van der Waals surface area (Å²) >= 11 is 0. The molecule has 0 radical (unpaired) electrons. The van der Waals surface area contributed by atoms with E-state index in [0.29, 0.717) is 12.4 Å². The highest BCUT2D eigenvalue weighted by atomic mass is 16.2. The van der Waals surface area contributed by atoms with Crippen molar-refractivity contribution in [2.24, 2.45) is 0 Å². The van der Waals surface area contributed by atoms with E-state index in [4.69, 9.17) is 5.73 Å². The number of amides is 1. The molecule has 21 heavy (non-hydrogen) atoms. The molecule has 0 aliphatic carbocycles. The average Bonchev–Trinajstić information content (AvgIpc) is 2.66. The van der Waals surface area contributed by atoms with Crippen molar-refractivity contribution in [2.75, 3.05) is 12.8 Å². The normalized spacial score (nSPS) is 10.7. The van der Waals surface area contributed by atoms with Gasteiger partial charge in [0, 0.05) is 18.8 Å². The Morgan fingerprint density at radius 3 is 2.52 bits per heavy atom. The molecule has 2 aromatic heterocycles. The Bertz CT molecular complexity index is 642. The predicted octanol–water partition coefficient (Wildman–Crippen LogP) is 1.44. The molecule has 0 bridgehead atoms. The van der Waals surface area contributed by atoms with Gasteiger partial charge >= 0.3 is 0 Å². The molecular weight excluding hydrogens is 266 g/mol. The standard InChI is InChI=1S/C15H21N5O/c1-10-5-11(2)17-13(6-10)8-19(4)15(21)9-20-14(16)7-12(3)18-20/h5-7H,8-9,16H2,1-4H3. The molecule has 6 nitrogen and oxygen atoms in total. The van der Waals surface area contributed by atoms with Gasteiger partial charge in [-0.15, -0.1) is 0 Å². The Kier molecular flexibility index (Phi) is 4.26. The summed E-state index contributed by atoms with van der Waals surface area (Å²) in [4.78, 5) is 18.3. The van der Waals surface area contributed by atoms with Crippen LogP contribution in [0.25, 0.3) is 0 Å². The first-order valence-corrected chi connectivity index (χ1v) is 6.83. The van der Waals surface area contributed by atoms with Gasteiger partial charge in [-0.1, -0.05) is 0 Å². The Labute approximate surface area is 124 Å². The number of nitrogen functional groups attached to an aromatic ring is 1. The van der Waals surface area contributed by atoms with Crippen molar-refractivity contribution in [3.05, 3.63) is 40.8 Å². The van der Waals surface area contributed by atoms with Crippen molar-refractivity contribution in [3.63, 3.8) is 0 Å². The summed E-state index contributed by atoms with van der Waals surface area (Å²) in [5.74, 6) is 0.449. The third-order valence-electron chi connectivity index (χ3n) is 3.19. The van der Waals surface area contributed by atoms with Crippen LogP contribution in [0.1, 0.15) is 22.6 Å². The smallest absolute Gasteiger partial charge is 0.244 e. The molecular formula is C15H21N5O. The second-order valence-electron chi connectivity index (χ2n) is 5.40. The van der Waals surface area contributed by atoms with E-state index in [1.807, 2.05) is 32.9 Å². The summed E-state index contributed by atoms with van der Waals surface area (Å²) in [6.07, 6.45) is 0. The lowest BCUT2D eigenvalue weighted by Crippen LogP contribution is -2.30. The lowest BCUT2D eigenvalue weighted by atomic mass is 10.2. The number of rotatable bonds is 4. The molecule has 0 fully saturated rings. The van der Waals surface area contributed by atoms with Gasteiger partial charge in [-0.05, 0) is 38.5 Å². The van der Waals surface area contributed by atoms with Crippen LogP contribution in [0.2, 0.25) is 0 Å². The molecule has 2 rings (SSSR count). The summed E-state index contributed by atoms with van der Waals surface area (Å²) in [7, 11) is 1.76. The molecule has 0 saturated carbocycles. The summed E-state index contributed by atoms with van der Waals surface area (Å²) in [6.45, 7) is 6.43. The minimum absolute atomic E-state index is 0.0502. The second-order valence-corrected chi connectivity index (χ2v) is 5.40. The zero-order valence-corrected chi connectivity index (χ0v) is 12.9. The maximum Gasteiger partial charge on any atom is 0.244 e. The van der Waals surface area contributed by atoms with Crippen molar-refractivity contribution in [1.29, 1.82) is 0 Å². The molecule has 112 valence electrons. The summed E-state index contributed by atoms with van der Waals surface area (Å²) in [5.41, 5.74) is 9.59. The van der Waals surface area contributed by atoms with E-state index in [0.717, 1.165) is 22.6 Å². The van der Waals surface area contributed by atoms with Crippen LogP contribution in [0.5, 0.6) is 0 Å². The highest BCUT2D eigenvalue weighted by Gasteiger charge is 2.13. The summed E-state index contributed by atoms with van der Waals surface area (Å²) in [5, 5.41) is 4.20. The van der Waals surface area contributed by atoms with Gasteiger partial charge in [-0.2, -0.15) is 5.10 Å². The van der Waals surface area contributed by atoms with E-state index in [1.54, 1.807) is 18.0 Å². The summed E-state index contributed by atoms with van der Waals surface area (Å²) in [6, 6.07) is 5.75. The number of anilines is 1. The number of carbonyl (C=O) groups excluding carboxylic acids is 1. The van der Waals surface area contributed by atoms with Crippen molar-refractivity contribution < 1.29 is 4.79 Å². The zero-order chi connectivity index (χ0) is 15.6. The van der Waals surface area contributed by atoms with Crippen LogP contribution >= 0.6 is 0 Å². The van der Waals surface area contributed by atoms with E-state index < -0.39 is 0 Å². The minimum Gasteiger partial charge on any atom is -0.384 e. The van der Waals surface area contributed by atoms with Crippen LogP contribution in [-0.4, -0.2) is 32.6 Å². The largest absolute Gasteiger partial charge is 0.384 e. The Morgan fingerprint density at radius 1 is 1.24 bits per heavy atom. The van der Waals surface area contributed by atoms with E-state index in [2.05, 4.69) is 10.1 Å². The van der Waals surface area contributed by atoms with Gasteiger partial charge in [0.05, 0.1) is 17.9 Å². The molecule has 1 amide bonds. The predicted molar refractivity (Wildman–Crippen MR) is 81.6 cm³/mol. The summed E-state index contributed by atoms with van der Waals surface area (Å²) < 4.78 is 1.52. The van der Waals surface area contributed by atoms with Gasteiger partial charge in [0.15, 0.2) is 0 Å². The van der Waals surface area contributed by atoms with Gasteiger partial charge in [-0.25, -0.2) is 4.68 Å².